The molecule has 1 N–H and O–H groups in total. The van der Waals surface area contributed by atoms with Crippen molar-refractivity contribution >= 4 is 17.2 Å². The fourth-order valence-electron chi connectivity index (χ4n) is 3.34. The number of nitrogens with zero attached hydrogens (tertiary/aromatic N) is 2. The molecule has 5 heteroatoms. The van der Waals surface area contributed by atoms with Crippen molar-refractivity contribution in [2.75, 3.05) is 6.54 Å². The van der Waals surface area contributed by atoms with Crippen LogP contribution in [0.5, 0.6) is 0 Å². The van der Waals surface area contributed by atoms with Crippen molar-refractivity contribution in [1.29, 1.82) is 0 Å². The van der Waals surface area contributed by atoms with Crippen molar-refractivity contribution in [3.05, 3.63) is 52.0 Å². The van der Waals surface area contributed by atoms with Crippen LogP contribution in [0.3, 0.4) is 0 Å². The predicted octanol–water partition coefficient (Wildman–Crippen LogP) is 3.33. The molecular formula is C19H24N2O2S. The zero-order chi connectivity index (χ0) is 17.0. The molecule has 2 aromatic rings. The Bertz CT molecular complexity index is 678. The van der Waals surface area contributed by atoms with Crippen molar-refractivity contribution in [3.63, 3.8) is 0 Å². The molecule has 0 saturated heterocycles. The molecule has 0 bridgehead atoms. The number of carbonyl (C=O) groups excluding carboxylic acids is 1. The summed E-state index contributed by atoms with van der Waals surface area (Å²) in [6, 6.07) is 9.97. The molecule has 24 heavy (non-hydrogen) atoms. The van der Waals surface area contributed by atoms with Crippen LogP contribution in [0.15, 0.2) is 35.7 Å². The second kappa shape index (κ2) is 7.45. The second-order valence-electron chi connectivity index (χ2n) is 6.70. The third-order valence-corrected chi connectivity index (χ3v) is 5.41. The van der Waals surface area contributed by atoms with Gasteiger partial charge in [-0.1, -0.05) is 43.2 Å². The van der Waals surface area contributed by atoms with E-state index in [4.69, 9.17) is 0 Å². The molecule has 1 aromatic heterocycles. The summed E-state index contributed by atoms with van der Waals surface area (Å²) in [4.78, 5) is 19.0. The maximum Gasteiger partial charge on any atom is 0.229 e. The molecule has 0 atom stereocenters. The van der Waals surface area contributed by atoms with E-state index in [2.05, 4.69) is 4.98 Å². The number of aryl methyl sites for hydroxylation is 1. The summed E-state index contributed by atoms with van der Waals surface area (Å²) < 4.78 is 0. The van der Waals surface area contributed by atoms with E-state index in [0.717, 1.165) is 41.9 Å². The summed E-state index contributed by atoms with van der Waals surface area (Å²) in [5, 5.41) is 13.7. The zero-order valence-corrected chi connectivity index (χ0v) is 14.9. The van der Waals surface area contributed by atoms with Crippen LogP contribution < -0.4 is 0 Å². The van der Waals surface area contributed by atoms with E-state index in [-0.39, 0.29) is 5.91 Å². The number of amides is 1. The minimum atomic E-state index is -0.734. The number of hydrogen-bond acceptors (Lipinski definition) is 4. The van der Waals surface area contributed by atoms with Crippen LogP contribution in [0.25, 0.3) is 0 Å². The Morgan fingerprint density at radius 1 is 1.29 bits per heavy atom. The van der Waals surface area contributed by atoms with Crippen LogP contribution in [-0.4, -0.2) is 33.0 Å². The standard InChI is InChI=1S/C19H24N2O2S/c1-15-20-17(13-24-15)11-18(22)21(12-16-7-3-2-4-8-16)14-19(23)9-5-6-10-19/h2-4,7-8,13,23H,5-6,9-12,14H2,1H3. The van der Waals surface area contributed by atoms with Crippen LogP contribution in [-0.2, 0) is 17.8 Å². The van der Waals surface area contributed by atoms with E-state index < -0.39 is 5.60 Å². The van der Waals surface area contributed by atoms with Crippen molar-refractivity contribution in [1.82, 2.24) is 9.88 Å². The Morgan fingerprint density at radius 3 is 2.62 bits per heavy atom. The fraction of sp³-hybridized carbons (Fsp3) is 0.474. The van der Waals surface area contributed by atoms with Gasteiger partial charge in [-0.05, 0) is 25.3 Å². The van der Waals surface area contributed by atoms with Gasteiger partial charge in [0.05, 0.1) is 22.7 Å². The van der Waals surface area contributed by atoms with Crippen molar-refractivity contribution in [3.8, 4) is 0 Å². The van der Waals surface area contributed by atoms with Crippen LogP contribution in [0.4, 0.5) is 0 Å². The summed E-state index contributed by atoms with van der Waals surface area (Å²) in [6.45, 7) is 2.89. The fourth-order valence-corrected chi connectivity index (χ4v) is 3.95. The van der Waals surface area contributed by atoms with E-state index in [0.29, 0.717) is 19.5 Å². The van der Waals surface area contributed by atoms with Gasteiger partial charge in [0.15, 0.2) is 0 Å². The summed E-state index contributed by atoms with van der Waals surface area (Å²) in [7, 11) is 0. The predicted molar refractivity (Wildman–Crippen MR) is 95.8 cm³/mol. The molecule has 1 heterocycles. The molecule has 1 aliphatic carbocycles. The lowest BCUT2D eigenvalue weighted by atomic mass is 10.0. The molecule has 1 aliphatic rings. The molecule has 128 valence electrons. The number of thiazole rings is 1. The maximum absolute atomic E-state index is 12.8. The van der Waals surface area contributed by atoms with Gasteiger partial charge in [0.2, 0.25) is 5.91 Å². The van der Waals surface area contributed by atoms with Crippen LogP contribution in [0.1, 0.15) is 41.9 Å². The first-order chi connectivity index (χ1) is 11.5. The number of rotatable bonds is 6. The first-order valence-corrected chi connectivity index (χ1v) is 9.37. The molecule has 1 amide bonds. The average Bonchev–Trinajstić information content (AvgIpc) is 3.16. The van der Waals surface area contributed by atoms with Gasteiger partial charge >= 0.3 is 0 Å². The average molecular weight is 344 g/mol. The lowest BCUT2D eigenvalue weighted by molar-refractivity contribution is -0.135. The van der Waals surface area contributed by atoms with Crippen LogP contribution in [0.2, 0.25) is 0 Å². The van der Waals surface area contributed by atoms with Crippen LogP contribution in [0, 0.1) is 6.92 Å². The van der Waals surface area contributed by atoms with Crippen molar-refractivity contribution in [2.24, 2.45) is 0 Å². The van der Waals surface area contributed by atoms with Gasteiger partial charge in [-0.2, -0.15) is 0 Å². The Labute approximate surface area is 147 Å². The van der Waals surface area contributed by atoms with Crippen LogP contribution >= 0.6 is 11.3 Å². The molecule has 0 aliphatic heterocycles. The highest BCUT2D eigenvalue weighted by Crippen LogP contribution is 2.30. The Morgan fingerprint density at radius 2 is 2.00 bits per heavy atom. The van der Waals surface area contributed by atoms with E-state index >= 15 is 0 Å². The normalized spacial score (nSPS) is 16.2. The third kappa shape index (κ3) is 4.42. The van der Waals surface area contributed by atoms with E-state index in [9.17, 15) is 9.90 Å². The monoisotopic (exact) mass is 344 g/mol. The smallest absolute Gasteiger partial charge is 0.229 e. The van der Waals surface area contributed by atoms with E-state index in [1.54, 1.807) is 16.2 Å². The summed E-state index contributed by atoms with van der Waals surface area (Å²) >= 11 is 1.56. The molecule has 0 spiro atoms. The van der Waals surface area contributed by atoms with Gasteiger partial charge in [-0.3, -0.25) is 4.79 Å². The highest BCUT2D eigenvalue weighted by atomic mass is 32.1. The van der Waals surface area contributed by atoms with Crippen molar-refractivity contribution < 1.29 is 9.90 Å². The quantitative estimate of drug-likeness (QED) is 0.874. The van der Waals surface area contributed by atoms with E-state index in [1.807, 2.05) is 42.6 Å². The summed E-state index contributed by atoms with van der Waals surface area (Å²) in [6.07, 6.45) is 3.93. The first kappa shape index (κ1) is 17.1. The second-order valence-corrected chi connectivity index (χ2v) is 7.76. The molecule has 4 nitrogen and oxygen atoms in total. The topological polar surface area (TPSA) is 53.4 Å². The highest BCUT2D eigenvalue weighted by Gasteiger charge is 2.34. The first-order valence-electron chi connectivity index (χ1n) is 8.49. The Balaban J connectivity index is 1.73. The van der Waals surface area contributed by atoms with Gasteiger partial charge in [-0.15, -0.1) is 11.3 Å². The number of benzene rings is 1. The molecule has 0 radical (unpaired) electrons. The molecule has 1 aromatic carbocycles. The third-order valence-electron chi connectivity index (χ3n) is 4.59. The lowest BCUT2D eigenvalue weighted by Gasteiger charge is -2.31. The summed E-state index contributed by atoms with van der Waals surface area (Å²) in [5.74, 6) is 0.0319. The Hall–Kier alpha value is -1.72. The van der Waals surface area contributed by atoms with Gasteiger partial charge < -0.3 is 10.0 Å². The maximum atomic E-state index is 12.8. The van der Waals surface area contributed by atoms with Gasteiger partial charge in [0.1, 0.15) is 0 Å². The summed E-state index contributed by atoms with van der Waals surface area (Å²) in [5.41, 5.74) is 1.17. The van der Waals surface area contributed by atoms with E-state index in [1.165, 1.54) is 0 Å². The van der Waals surface area contributed by atoms with Gasteiger partial charge in [0.25, 0.3) is 0 Å². The number of carbonyl (C=O) groups is 1. The molecular weight excluding hydrogens is 320 g/mol. The van der Waals surface area contributed by atoms with Crippen molar-refractivity contribution in [2.45, 2.75) is 51.2 Å². The largest absolute Gasteiger partial charge is 0.388 e. The number of aliphatic hydroxyl groups is 1. The minimum absolute atomic E-state index is 0.0319. The molecule has 0 unspecified atom stereocenters. The van der Waals surface area contributed by atoms with Gasteiger partial charge in [0, 0.05) is 18.5 Å². The molecule has 3 rings (SSSR count). The molecule has 1 saturated carbocycles. The SMILES string of the molecule is Cc1nc(CC(=O)N(Cc2ccccc2)CC2(O)CCCC2)cs1. The molecule has 1 fully saturated rings. The highest BCUT2D eigenvalue weighted by molar-refractivity contribution is 7.09. The lowest BCUT2D eigenvalue weighted by Crippen LogP contribution is -2.44. The zero-order valence-electron chi connectivity index (χ0n) is 14.1. The number of aromatic nitrogens is 1. The minimum Gasteiger partial charge on any atom is -0.388 e. The Kier molecular flexibility index (Phi) is 5.31. The number of hydrogen-bond donors (Lipinski definition) is 1. The van der Waals surface area contributed by atoms with Gasteiger partial charge in [-0.25, -0.2) is 4.98 Å².